The van der Waals surface area contributed by atoms with Gasteiger partial charge >= 0.3 is 0 Å². The summed E-state index contributed by atoms with van der Waals surface area (Å²) in [4.78, 5) is 13.2. The highest BCUT2D eigenvalue weighted by Crippen LogP contribution is 2.17. The Balaban J connectivity index is 1.92. The molecule has 120 valence electrons. The number of guanidine groups is 1. The molecule has 0 amide bonds. The van der Waals surface area contributed by atoms with Gasteiger partial charge in [-0.15, -0.1) is 11.3 Å². The fourth-order valence-electron chi connectivity index (χ4n) is 1.72. The third-order valence-corrected chi connectivity index (χ3v) is 3.72. The van der Waals surface area contributed by atoms with Crippen LogP contribution >= 0.6 is 11.3 Å². The molecule has 0 aromatic carbocycles. The van der Waals surface area contributed by atoms with Gasteiger partial charge in [0.15, 0.2) is 11.8 Å². The Labute approximate surface area is 134 Å². The molecular weight excluding hydrogens is 300 g/mol. The first-order valence-corrected chi connectivity index (χ1v) is 8.22. The van der Waals surface area contributed by atoms with E-state index in [2.05, 4.69) is 50.0 Å². The Kier molecular flexibility index (Phi) is 5.88. The predicted octanol–water partition coefficient (Wildman–Crippen LogP) is 2.21. The molecular formula is C14H22N6OS. The Morgan fingerprint density at radius 3 is 2.77 bits per heavy atom. The van der Waals surface area contributed by atoms with Crippen LogP contribution in [0.2, 0.25) is 0 Å². The molecule has 0 saturated heterocycles. The van der Waals surface area contributed by atoms with E-state index in [4.69, 9.17) is 4.52 Å². The lowest BCUT2D eigenvalue weighted by Gasteiger charge is -2.09. The molecule has 0 radical (unpaired) electrons. The van der Waals surface area contributed by atoms with Crippen LogP contribution in [-0.4, -0.2) is 27.6 Å². The zero-order valence-corrected chi connectivity index (χ0v) is 14.2. The highest BCUT2D eigenvalue weighted by atomic mass is 32.1. The fraction of sp³-hybridized carbons (Fsp3) is 0.571. The molecule has 0 fully saturated rings. The highest BCUT2D eigenvalue weighted by molar-refractivity contribution is 7.09. The third-order valence-electron chi connectivity index (χ3n) is 2.85. The first kappa shape index (κ1) is 16.4. The Bertz CT molecular complexity index is 618. The van der Waals surface area contributed by atoms with E-state index in [0.717, 1.165) is 17.2 Å². The van der Waals surface area contributed by atoms with Crippen molar-refractivity contribution in [3.63, 3.8) is 0 Å². The third kappa shape index (κ3) is 4.80. The largest absolute Gasteiger partial charge is 0.357 e. The SMILES string of the molecule is CCNC(=NCc1nc(C)no1)NCc1nc(C(C)C)cs1. The highest BCUT2D eigenvalue weighted by Gasteiger charge is 2.07. The molecule has 2 rings (SSSR count). The van der Waals surface area contributed by atoms with Crippen LogP contribution in [0.1, 0.15) is 49.1 Å². The average molecular weight is 322 g/mol. The van der Waals surface area contributed by atoms with Crippen molar-refractivity contribution in [3.05, 3.63) is 27.8 Å². The van der Waals surface area contributed by atoms with E-state index in [1.54, 1.807) is 18.3 Å². The Hall–Kier alpha value is -1.96. The number of thiazole rings is 1. The maximum atomic E-state index is 5.05. The molecule has 2 heterocycles. The number of nitrogens with zero attached hydrogens (tertiary/aromatic N) is 4. The molecule has 0 aliphatic heterocycles. The van der Waals surface area contributed by atoms with Crippen molar-refractivity contribution in [2.75, 3.05) is 6.54 Å². The summed E-state index contributed by atoms with van der Waals surface area (Å²) in [7, 11) is 0. The summed E-state index contributed by atoms with van der Waals surface area (Å²) in [5.74, 6) is 2.28. The van der Waals surface area contributed by atoms with Gasteiger partial charge in [-0.3, -0.25) is 0 Å². The van der Waals surface area contributed by atoms with Crippen LogP contribution in [0.5, 0.6) is 0 Å². The second-order valence-corrected chi connectivity index (χ2v) is 6.05. The van der Waals surface area contributed by atoms with Gasteiger partial charge in [-0.25, -0.2) is 9.98 Å². The minimum atomic E-state index is 0.352. The zero-order chi connectivity index (χ0) is 15.9. The first-order valence-electron chi connectivity index (χ1n) is 7.34. The lowest BCUT2D eigenvalue weighted by atomic mass is 10.2. The van der Waals surface area contributed by atoms with Crippen molar-refractivity contribution >= 4 is 17.3 Å². The van der Waals surface area contributed by atoms with E-state index < -0.39 is 0 Å². The number of rotatable bonds is 6. The molecule has 8 heteroatoms. The number of aromatic nitrogens is 3. The Morgan fingerprint density at radius 1 is 1.36 bits per heavy atom. The van der Waals surface area contributed by atoms with Crippen LogP contribution in [0.25, 0.3) is 0 Å². The van der Waals surface area contributed by atoms with Crippen LogP contribution in [0, 0.1) is 6.92 Å². The summed E-state index contributed by atoms with van der Waals surface area (Å²) in [5.41, 5.74) is 1.13. The maximum absolute atomic E-state index is 5.05. The molecule has 2 N–H and O–H groups in total. The number of hydrogen-bond donors (Lipinski definition) is 2. The molecule has 0 saturated carbocycles. The lowest BCUT2D eigenvalue weighted by Crippen LogP contribution is -2.36. The summed E-state index contributed by atoms with van der Waals surface area (Å²) < 4.78 is 5.05. The quantitative estimate of drug-likeness (QED) is 0.626. The summed E-state index contributed by atoms with van der Waals surface area (Å²) in [6, 6.07) is 0. The van der Waals surface area contributed by atoms with E-state index in [1.807, 2.05) is 6.92 Å². The smallest absolute Gasteiger partial charge is 0.248 e. The Morgan fingerprint density at radius 2 is 2.18 bits per heavy atom. The number of hydrogen-bond acceptors (Lipinski definition) is 6. The lowest BCUT2D eigenvalue weighted by molar-refractivity contribution is 0.376. The molecule has 0 unspecified atom stereocenters. The number of aryl methyl sites for hydroxylation is 1. The minimum Gasteiger partial charge on any atom is -0.357 e. The molecule has 0 aliphatic rings. The van der Waals surface area contributed by atoms with E-state index in [1.165, 1.54) is 0 Å². The monoisotopic (exact) mass is 322 g/mol. The van der Waals surface area contributed by atoms with Gasteiger partial charge in [0.2, 0.25) is 5.89 Å². The van der Waals surface area contributed by atoms with Gasteiger partial charge in [-0.05, 0) is 19.8 Å². The fourth-order valence-corrected chi connectivity index (χ4v) is 2.62. The normalized spacial score (nSPS) is 12.0. The predicted molar refractivity (Wildman–Crippen MR) is 86.9 cm³/mol. The van der Waals surface area contributed by atoms with Gasteiger partial charge in [0.25, 0.3) is 0 Å². The number of aliphatic imine (C=N–C) groups is 1. The summed E-state index contributed by atoms with van der Waals surface area (Å²) in [5, 5.41) is 13.3. The van der Waals surface area contributed by atoms with Gasteiger partial charge in [0.05, 0.1) is 12.2 Å². The standard InChI is InChI=1S/C14H22N6OS/c1-5-15-14(16-6-12-18-10(4)20-21-12)17-7-13-19-11(8-22-13)9(2)3/h8-9H,5-7H2,1-4H3,(H2,15,16,17). The van der Waals surface area contributed by atoms with Crippen LogP contribution in [0.4, 0.5) is 0 Å². The van der Waals surface area contributed by atoms with Crippen molar-refractivity contribution in [1.29, 1.82) is 0 Å². The minimum absolute atomic E-state index is 0.352. The second-order valence-electron chi connectivity index (χ2n) is 5.10. The molecule has 0 aliphatic carbocycles. The molecule has 22 heavy (non-hydrogen) atoms. The first-order chi connectivity index (χ1) is 10.6. The molecule has 2 aromatic rings. The van der Waals surface area contributed by atoms with Gasteiger partial charge < -0.3 is 15.2 Å². The maximum Gasteiger partial charge on any atom is 0.248 e. The molecule has 0 atom stereocenters. The summed E-state index contributed by atoms with van der Waals surface area (Å²) in [6.07, 6.45) is 0. The molecule has 0 bridgehead atoms. The summed E-state index contributed by atoms with van der Waals surface area (Å²) >= 11 is 1.66. The molecule has 7 nitrogen and oxygen atoms in total. The van der Waals surface area contributed by atoms with E-state index in [9.17, 15) is 0 Å². The second kappa shape index (κ2) is 7.88. The van der Waals surface area contributed by atoms with Crippen LogP contribution in [0.3, 0.4) is 0 Å². The van der Waals surface area contributed by atoms with Crippen molar-refractivity contribution in [2.45, 2.75) is 46.7 Å². The van der Waals surface area contributed by atoms with Crippen molar-refractivity contribution in [1.82, 2.24) is 25.8 Å². The van der Waals surface area contributed by atoms with Gasteiger partial charge in [-0.2, -0.15) is 4.98 Å². The van der Waals surface area contributed by atoms with E-state index in [-0.39, 0.29) is 0 Å². The van der Waals surface area contributed by atoms with Crippen LogP contribution in [0.15, 0.2) is 14.9 Å². The van der Waals surface area contributed by atoms with Crippen molar-refractivity contribution in [3.8, 4) is 0 Å². The average Bonchev–Trinajstić information content (AvgIpc) is 3.11. The van der Waals surface area contributed by atoms with Crippen molar-refractivity contribution < 1.29 is 4.52 Å². The zero-order valence-electron chi connectivity index (χ0n) is 13.4. The van der Waals surface area contributed by atoms with Gasteiger partial charge in [0.1, 0.15) is 11.6 Å². The van der Waals surface area contributed by atoms with E-state index in [0.29, 0.717) is 36.7 Å². The van der Waals surface area contributed by atoms with Crippen molar-refractivity contribution in [2.24, 2.45) is 4.99 Å². The molecule has 2 aromatic heterocycles. The van der Waals surface area contributed by atoms with E-state index >= 15 is 0 Å². The number of nitrogens with one attached hydrogen (secondary N) is 2. The summed E-state index contributed by atoms with van der Waals surface area (Å²) in [6.45, 7) is 9.87. The molecule has 0 spiro atoms. The van der Waals surface area contributed by atoms with Crippen LogP contribution < -0.4 is 10.6 Å². The van der Waals surface area contributed by atoms with Gasteiger partial charge in [-0.1, -0.05) is 19.0 Å². The van der Waals surface area contributed by atoms with Crippen LogP contribution in [-0.2, 0) is 13.1 Å². The van der Waals surface area contributed by atoms with Gasteiger partial charge in [0, 0.05) is 11.9 Å². The topological polar surface area (TPSA) is 88.2 Å².